The van der Waals surface area contributed by atoms with Gasteiger partial charge in [-0.2, -0.15) is 0 Å². The number of nitrogens with zero attached hydrogens (tertiary/aromatic N) is 1. The van der Waals surface area contributed by atoms with Gasteiger partial charge < -0.3 is 10.2 Å². The van der Waals surface area contributed by atoms with Crippen LogP contribution in [0.25, 0.3) is 0 Å². The van der Waals surface area contributed by atoms with Crippen molar-refractivity contribution in [3.63, 3.8) is 0 Å². The van der Waals surface area contributed by atoms with Gasteiger partial charge in [0.2, 0.25) is 0 Å². The summed E-state index contributed by atoms with van der Waals surface area (Å²) < 4.78 is 0. The molecule has 3 heteroatoms. The summed E-state index contributed by atoms with van der Waals surface area (Å²) in [4.78, 5) is 2.19. The van der Waals surface area contributed by atoms with Crippen LogP contribution in [0.2, 0.25) is 0 Å². The van der Waals surface area contributed by atoms with Crippen LogP contribution < -0.4 is 5.32 Å². The molecule has 0 aromatic heterocycles. The quantitative estimate of drug-likeness (QED) is 0.676. The Morgan fingerprint density at radius 1 is 1.31 bits per heavy atom. The van der Waals surface area contributed by atoms with Crippen molar-refractivity contribution >= 4 is 5.96 Å². The predicted octanol–water partition coefficient (Wildman–Crippen LogP) is 1.41. The Kier molecular flexibility index (Phi) is 2.71. The molecule has 1 aliphatic carbocycles. The smallest absolute Gasteiger partial charge is 0.191 e. The molecule has 2 fully saturated rings. The van der Waals surface area contributed by atoms with E-state index in [0.717, 1.165) is 25.6 Å². The number of hydrogen-bond acceptors (Lipinski definition) is 1. The maximum atomic E-state index is 7.64. The lowest BCUT2D eigenvalue weighted by Gasteiger charge is -2.26. The minimum atomic E-state index is 0.644. The molecule has 0 radical (unpaired) electrons. The molecule has 0 bridgehead atoms. The molecule has 2 N–H and O–H groups in total. The summed E-state index contributed by atoms with van der Waals surface area (Å²) >= 11 is 0. The van der Waals surface area contributed by atoms with Crippen molar-refractivity contribution in [3.8, 4) is 0 Å². The number of hydrogen-bond donors (Lipinski definition) is 2. The van der Waals surface area contributed by atoms with E-state index >= 15 is 0 Å². The van der Waals surface area contributed by atoms with Gasteiger partial charge in [-0.3, -0.25) is 5.41 Å². The fraction of sp³-hybridized carbons (Fsp3) is 0.900. The van der Waals surface area contributed by atoms with Crippen LogP contribution in [-0.2, 0) is 0 Å². The number of nitrogens with one attached hydrogen (secondary N) is 2. The monoisotopic (exact) mass is 181 g/mol. The van der Waals surface area contributed by atoms with Crippen LogP contribution in [0.4, 0.5) is 0 Å². The van der Waals surface area contributed by atoms with Crippen molar-refractivity contribution in [1.29, 1.82) is 5.41 Å². The van der Waals surface area contributed by atoms with Crippen LogP contribution in [0.3, 0.4) is 0 Å². The Morgan fingerprint density at radius 2 is 2.08 bits per heavy atom. The standard InChI is InChI=1S/C10H19N3/c11-10-12-6-7-13(10)8-9-4-2-1-3-5-9/h9H,1-8H2,(H2,11,12). The van der Waals surface area contributed by atoms with Crippen molar-refractivity contribution in [2.45, 2.75) is 32.1 Å². The van der Waals surface area contributed by atoms with E-state index in [9.17, 15) is 0 Å². The number of rotatable bonds is 2. The minimum Gasteiger partial charge on any atom is -0.355 e. The molecule has 0 spiro atoms. The molecule has 0 aromatic rings. The van der Waals surface area contributed by atoms with E-state index in [2.05, 4.69) is 10.2 Å². The fourth-order valence-corrected chi connectivity index (χ4v) is 2.40. The van der Waals surface area contributed by atoms with Crippen molar-refractivity contribution in [1.82, 2.24) is 10.2 Å². The molecule has 74 valence electrons. The highest BCUT2D eigenvalue weighted by molar-refractivity contribution is 5.78. The van der Waals surface area contributed by atoms with Gasteiger partial charge in [-0.15, -0.1) is 0 Å². The van der Waals surface area contributed by atoms with Crippen molar-refractivity contribution in [3.05, 3.63) is 0 Å². The lowest BCUT2D eigenvalue weighted by molar-refractivity contribution is 0.285. The van der Waals surface area contributed by atoms with Gasteiger partial charge in [-0.05, 0) is 18.8 Å². The van der Waals surface area contributed by atoms with Gasteiger partial charge >= 0.3 is 0 Å². The SMILES string of the molecule is N=C1NCCN1CC1CCCCC1. The average Bonchev–Trinajstić information content (AvgIpc) is 2.54. The molecular formula is C10H19N3. The van der Waals surface area contributed by atoms with Crippen molar-refractivity contribution in [2.24, 2.45) is 5.92 Å². The molecule has 1 aliphatic heterocycles. The van der Waals surface area contributed by atoms with E-state index in [1.54, 1.807) is 0 Å². The van der Waals surface area contributed by atoms with E-state index in [1.165, 1.54) is 32.1 Å². The summed E-state index contributed by atoms with van der Waals surface area (Å²) in [5, 5.41) is 10.7. The Balaban J connectivity index is 1.79. The Hall–Kier alpha value is -0.730. The first-order valence-corrected chi connectivity index (χ1v) is 5.43. The highest BCUT2D eigenvalue weighted by atomic mass is 15.3. The minimum absolute atomic E-state index is 0.644. The Morgan fingerprint density at radius 3 is 2.69 bits per heavy atom. The molecule has 3 nitrogen and oxygen atoms in total. The number of guanidine groups is 1. The Bertz CT molecular complexity index is 185. The summed E-state index contributed by atoms with van der Waals surface area (Å²) in [7, 11) is 0. The van der Waals surface area contributed by atoms with Gasteiger partial charge in [0.15, 0.2) is 5.96 Å². The van der Waals surface area contributed by atoms with Gasteiger partial charge in [-0.1, -0.05) is 19.3 Å². The summed E-state index contributed by atoms with van der Waals surface area (Å²) in [6.45, 7) is 3.12. The fourth-order valence-electron chi connectivity index (χ4n) is 2.40. The highest BCUT2D eigenvalue weighted by Gasteiger charge is 2.21. The van der Waals surface area contributed by atoms with Crippen molar-refractivity contribution < 1.29 is 0 Å². The third kappa shape index (κ3) is 2.14. The van der Waals surface area contributed by atoms with E-state index in [-0.39, 0.29) is 0 Å². The van der Waals surface area contributed by atoms with E-state index in [0.29, 0.717) is 5.96 Å². The zero-order valence-electron chi connectivity index (χ0n) is 8.18. The lowest BCUT2D eigenvalue weighted by Crippen LogP contribution is -2.34. The normalized spacial score (nSPS) is 24.9. The Labute approximate surface area is 80.0 Å². The van der Waals surface area contributed by atoms with Gasteiger partial charge in [0.05, 0.1) is 0 Å². The predicted molar refractivity (Wildman–Crippen MR) is 53.9 cm³/mol. The molecule has 1 heterocycles. The highest BCUT2D eigenvalue weighted by Crippen LogP contribution is 2.24. The summed E-state index contributed by atoms with van der Waals surface area (Å²) in [5.41, 5.74) is 0. The maximum Gasteiger partial charge on any atom is 0.191 e. The van der Waals surface area contributed by atoms with Gasteiger partial charge in [0, 0.05) is 19.6 Å². The van der Waals surface area contributed by atoms with Crippen LogP contribution in [0, 0.1) is 11.3 Å². The van der Waals surface area contributed by atoms with Gasteiger partial charge in [0.1, 0.15) is 0 Å². The van der Waals surface area contributed by atoms with Crippen LogP contribution in [0.1, 0.15) is 32.1 Å². The first-order chi connectivity index (χ1) is 6.36. The second-order valence-corrected chi connectivity index (χ2v) is 4.23. The molecule has 0 amide bonds. The molecule has 0 unspecified atom stereocenters. The zero-order chi connectivity index (χ0) is 9.10. The second kappa shape index (κ2) is 3.99. The van der Waals surface area contributed by atoms with Crippen LogP contribution in [0.15, 0.2) is 0 Å². The largest absolute Gasteiger partial charge is 0.355 e. The summed E-state index contributed by atoms with van der Waals surface area (Å²) in [6.07, 6.45) is 6.98. The molecule has 1 saturated heterocycles. The topological polar surface area (TPSA) is 39.1 Å². The van der Waals surface area contributed by atoms with Crippen LogP contribution in [-0.4, -0.2) is 30.5 Å². The molecule has 0 atom stereocenters. The third-order valence-electron chi connectivity index (χ3n) is 3.19. The zero-order valence-corrected chi connectivity index (χ0v) is 8.18. The van der Waals surface area contributed by atoms with Crippen molar-refractivity contribution in [2.75, 3.05) is 19.6 Å². The van der Waals surface area contributed by atoms with Crippen LogP contribution in [0.5, 0.6) is 0 Å². The molecule has 1 saturated carbocycles. The van der Waals surface area contributed by atoms with Gasteiger partial charge in [-0.25, -0.2) is 0 Å². The molecule has 2 aliphatic rings. The summed E-state index contributed by atoms with van der Waals surface area (Å²) in [5.74, 6) is 1.50. The molecule has 13 heavy (non-hydrogen) atoms. The second-order valence-electron chi connectivity index (χ2n) is 4.23. The first-order valence-electron chi connectivity index (χ1n) is 5.43. The van der Waals surface area contributed by atoms with Gasteiger partial charge in [0.25, 0.3) is 0 Å². The average molecular weight is 181 g/mol. The third-order valence-corrected chi connectivity index (χ3v) is 3.19. The van der Waals surface area contributed by atoms with Crippen LogP contribution >= 0.6 is 0 Å². The molecule has 2 rings (SSSR count). The molecule has 0 aromatic carbocycles. The van der Waals surface area contributed by atoms with E-state index in [1.807, 2.05) is 0 Å². The summed E-state index contributed by atoms with van der Waals surface area (Å²) in [6, 6.07) is 0. The van der Waals surface area contributed by atoms with E-state index in [4.69, 9.17) is 5.41 Å². The lowest BCUT2D eigenvalue weighted by atomic mass is 9.89. The van der Waals surface area contributed by atoms with E-state index < -0.39 is 0 Å². The first kappa shape index (κ1) is 8.85. The molecular weight excluding hydrogens is 162 g/mol. The maximum absolute atomic E-state index is 7.64.